The second-order valence-electron chi connectivity index (χ2n) is 5.88. The Balaban J connectivity index is 1.61. The fourth-order valence-electron chi connectivity index (χ4n) is 2.81. The monoisotopic (exact) mass is 303 g/mol. The number of nitrogens with zero attached hydrogens (tertiary/aromatic N) is 1. The summed E-state index contributed by atoms with van der Waals surface area (Å²) in [5.41, 5.74) is 2.07. The third kappa shape index (κ3) is 3.78. The zero-order valence-electron chi connectivity index (χ0n) is 13.4. The van der Waals surface area contributed by atoms with Crippen LogP contribution in [0.2, 0.25) is 0 Å². The molecule has 0 bridgehead atoms. The highest BCUT2D eigenvalue weighted by Crippen LogP contribution is 2.16. The predicted octanol–water partition coefficient (Wildman–Crippen LogP) is 4.54. The number of aryl methyl sites for hydroxylation is 1. The molecule has 3 rings (SSSR count). The third-order valence-electron chi connectivity index (χ3n) is 4.14. The molecule has 0 aliphatic rings. The van der Waals surface area contributed by atoms with Gasteiger partial charge in [0.05, 0.1) is 0 Å². The van der Waals surface area contributed by atoms with Crippen LogP contribution in [0.4, 0.5) is 0 Å². The number of rotatable bonds is 5. The molecule has 116 valence electrons. The minimum atomic E-state index is 0.0869. The van der Waals surface area contributed by atoms with Crippen LogP contribution in [0.25, 0.3) is 10.8 Å². The maximum Gasteiger partial charge on any atom is 0.253 e. The van der Waals surface area contributed by atoms with Gasteiger partial charge in [-0.25, -0.2) is 0 Å². The summed E-state index contributed by atoms with van der Waals surface area (Å²) >= 11 is 0. The van der Waals surface area contributed by atoms with Gasteiger partial charge in [0, 0.05) is 19.2 Å². The van der Waals surface area contributed by atoms with Gasteiger partial charge >= 0.3 is 0 Å². The molecule has 1 amide bonds. The van der Waals surface area contributed by atoms with Crippen molar-refractivity contribution < 1.29 is 4.79 Å². The summed E-state index contributed by atoms with van der Waals surface area (Å²) in [6.07, 6.45) is 1.97. The first-order valence-corrected chi connectivity index (χ1v) is 8.02. The van der Waals surface area contributed by atoms with Gasteiger partial charge in [-0.1, -0.05) is 60.7 Å². The van der Waals surface area contributed by atoms with Gasteiger partial charge in [0.15, 0.2) is 0 Å². The summed E-state index contributed by atoms with van der Waals surface area (Å²) in [4.78, 5) is 14.4. The van der Waals surface area contributed by atoms with Crippen LogP contribution < -0.4 is 0 Å². The van der Waals surface area contributed by atoms with Crippen LogP contribution in [-0.2, 0) is 6.42 Å². The van der Waals surface area contributed by atoms with Gasteiger partial charge < -0.3 is 4.90 Å². The molecule has 2 heteroatoms. The number of hydrogen-bond donors (Lipinski definition) is 0. The molecule has 0 unspecified atom stereocenters. The van der Waals surface area contributed by atoms with Gasteiger partial charge in [0.2, 0.25) is 0 Å². The molecular formula is C21H21NO. The first-order chi connectivity index (χ1) is 11.2. The molecule has 23 heavy (non-hydrogen) atoms. The van der Waals surface area contributed by atoms with Crippen molar-refractivity contribution in [2.75, 3.05) is 13.6 Å². The highest BCUT2D eigenvalue weighted by atomic mass is 16.2. The van der Waals surface area contributed by atoms with Crippen molar-refractivity contribution in [3.8, 4) is 0 Å². The van der Waals surface area contributed by atoms with Gasteiger partial charge in [-0.05, 0) is 41.3 Å². The predicted molar refractivity (Wildman–Crippen MR) is 95.7 cm³/mol. The quantitative estimate of drug-likeness (QED) is 0.677. The van der Waals surface area contributed by atoms with E-state index in [1.165, 1.54) is 5.56 Å². The van der Waals surface area contributed by atoms with E-state index >= 15 is 0 Å². The average Bonchev–Trinajstić information content (AvgIpc) is 2.61. The smallest absolute Gasteiger partial charge is 0.253 e. The van der Waals surface area contributed by atoms with E-state index in [0.29, 0.717) is 0 Å². The largest absolute Gasteiger partial charge is 0.342 e. The molecule has 0 spiro atoms. The summed E-state index contributed by atoms with van der Waals surface area (Å²) < 4.78 is 0. The van der Waals surface area contributed by atoms with E-state index in [0.717, 1.165) is 35.7 Å². The molecule has 3 aromatic carbocycles. The lowest BCUT2D eigenvalue weighted by Gasteiger charge is -2.17. The summed E-state index contributed by atoms with van der Waals surface area (Å²) in [5.74, 6) is 0.0869. The molecule has 0 atom stereocenters. The fourth-order valence-corrected chi connectivity index (χ4v) is 2.81. The Morgan fingerprint density at radius 1 is 0.870 bits per heavy atom. The fraction of sp³-hybridized carbons (Fsp3) is 0.190. The van der Waals surface area contributed by atoms with Crippen LogP contribution in [0.15, 0.2) is 72.8 Å². The van der Waals surface area contributed by atoms with Crippen LogP contribution >= 0.6 is 0 Å². The summed E-state index contributed by atoms with van der Waals surface area (Å²) in [7, 11) is 1.88. The maximum absolute atomic E-state index is 12.6. The van der Waals surface area contributed by atoms with Crippen LogP contribution in [-0.4, -0.2) is 24.4 Å². The lowest BCUT2D eigenvalue weighted by molar-refractivity contribution is 0.0793. The minimum absolute atomic E-state index is 0.0869. The third-order valence-corrected chi connectivity index (χ3v) is 4.14. The molecule has 0 aliphatic carbocycles. The van der Waals surface area contributed by atoms with E-state index in [9.17, 15) is 4.79 Å². The number of fused-ring (bicyclic) bond motifs is 1. The number of hydrogen-bond acceptors (Lipinski definition) is 1. The topological polar surface area (TPSA) is 20.3 Å². The molecule has 0 N–H and O–H groups in total. The van der Waals surface area contributed by atoms with Gasteiger partial charge in [-0.3, -0.25) is 4.79 Å². The summed E-state index contributed by atoms with van der Waals surface area (Å²) in [6, 6.07) is 24.4. The lowest BCUT2D eigenvalue weighted by Crippen LogP contribution is -2.28. The van der Waals surface area contributed by atoms with E-state index in [1.807, 2.05) is 54.4 Å². The van der Waals surface area contributed by atoms with Gasteiger partial charge in [-0.15, -0.1) is 0 Å². The zero-order chi connectivity index (χ0) is 16.1. The van der Waals surface area contributed by atoms with E-state index in [4.69, 9.17) is 0 Å². The van der Waals surface area contributed by atoms with Crippen molar-refractivity contribution in [2.24, 2.45) is 0 Å². The highest BCUT2D eigenvalue weighted by molar-refractivity contribution is 5.98. The average molecular weight is 303 g/mol. The van der Waals surface area contributed by atoms with Crippen molar-refractivity contribution >= 4 is 16.7 Å². The Morgan fingerprint density at radius 3 is 2.35 bits per heavy atom. The molecule has 0 saturated heterocycles. The van der Waals surface area contributed by atoms with Gasteiger partial charge in [0.25, 0.3) is 5.91 Å². The number of carbonyl (C=O) groups excluding carboxylic acids is 1. The first-order valence-electron chi connectivity index (χ1n) is 8.02. The van der Waals surface area contributed by atoms with Crippen LogP contribution in [0.3, 0.4) is 0 Å². The van der Waals surface area contributed by atoms with Crippen LogP contribution in [0.5, 0.6) is 0 Å². The van der Waals surface area contributed by atoms with Crippen LogP contribution in [0.1, 0.15) is 22.3 Å². The Labute approximate surface area is 137 Å². The van der Waals surface area contributed by atoms with Gasteiger partial charge in [-0.2, -0.15) is 0 Å². The molecule has 0 fully saturated rings. The normalized spacial score (nSPS) is 10.7. The van der Waals surface area contributed by atoms with E-state index in [2.05, 4.69) is 30.3 Å². The molecule has 0 aliphatic heterocycles. The zero-order valence-corrected chi connectivity index (χ0v) is 13.4. The number of benzene rings is 3. The molecule has 0 heterocycles. The summed E-state index contributed by atoms with van der Waals surface area (Å²) in [5, 5.41) is 2.27. The second-order valence-corrected chi connectivity index (χ2v) is 5.88. The van der Waals surface area contributed by atoms with Crippen molar-refractivity contribution in [1.29, 1.82) is 0 Å². The SMILES string of the molecule is CN(CCCc1ccccc1)C(=O)c1ccc2ccccc2c1. The van der Waals surface area contributed by atoms with Crippen molar-refractivity contribution in [1.82, 2.24) is 4.90 Å². The van der Waals surface area contributed by atoms with Crippen LogP contribution in [0, 0.1) is 0 Å². The Kier molecular flexibility index (Phi) is 4.72. The Bertz CT molecular complexity index is 795. The van der Waals surface area contributed by atoms with Crippen molar-refractivity contribution in [3.63, 3.8) is 0 Å². The molecule has 0 radical (unpaired) electrons. The Hall–Kier alpha value is -2.61. The van der Waals surface area contributed by atoms with Crippen molar-refractivity contribution in [2.45, 2.75) is 12.8 Å². The van der Waals surface area contributed by atoms with E-state index in [1.54, 1.807) is 0 Å². The van der Waals surface area contributed by atoms with E-state index < -0.39 is 0 Å². The lowest BCUT2D eigenvalue weighted by atomic mass is 10.1. The molecule has 0 saturated carbocycles. The highest BCUT2D eigenvalue weighted by Gasteiger charge is 2.11. The minimum Gasteiger partial charge on any atom is -0.342 e. The summed E-state index contributed by atoms with van der Waals surface area (Å²) in [6.45, 7) is 0.764. The number of carbonyl (C=O) groups is 1. The maximum atomic E-state index is 12.6. The van der Waals surface area contributed by atoms with E-state index in [-0.39, 0.29) is 5.91 Å². The number of amides is 1. The molecule has 2 nitrogen and oxygen atoms in total. The second kappa shape index (κ2) is 7.10. The molecule has 3 aromatic rings. The van der Waals surface area contributed by atoms with Crippen molar-refractivity contribution in [3.05, 3.63) is 83.9 Å². The first kappa shape index (κ1) is 15.3. The standard InChI is InChI=1S/C21H21NO/c1-22(15-7-10-17-8-3-2-4-9-17)21(23)20-14-13-18-11-5-6-12-19(18)16-20/h2-6,8-9,11-14,16H,7,10,15H2,1H3. The molecule has 0 aromatic heterocycles. The van der Waals surface area contributed by atoms with Gasteiger partial charge in [0.1, 0.15) is 0 Å². The Morgan fingerprint density at radius 2 is 1.57 bits per heavy atom. The molecular weight excluding hydrogens is 282 g/mol.